The number of esters is 1. The third kappa shape index (κ3) is 2.81. The Morgan fingerprint density at radius 2 is 2.07 bits per heavy atom. The molecule has 1 atom stereocenters. The van der Waals surface area contributed by atoms with Crippen molar-refractivity contribution in [3.05, 3.63) is 54.1 Å². The molecule has 1 aliphatic rings. The Hall–Kier alpha value is -1.83. The quantitative estimate of drug-likeness (QED) is 0.686. The van der Waals surface area contributed by atoms with Crippen LogP contribution >= 0.6 is 0 Å². The second kappa shape index (κ2) is 4.60. The van der Waals surface area contributed by atoms with E-state index in [-0.39, 0.29) is 12.1 Å². The van der Waals surface area contributed by atoms with Gasteiger partial charge in [0.15, 0.2) is 0 Å². The highest BCUT2D eigenvalue weighted by atomic mass is 16.5. The van der Waals surface area contributed by atoms with Crippen molar-refractivity contribution in [3.8, 4) is 0 Å². The lowest BCUT2D eigenvalue weighted by molar-refractivity contribution is -0.141. The van der Waals surface area contributed by atoms with Crippen molar-refractivity contribution in [2.45, 2.75) is 12.5 Å². The Balaban J connectivity index is 2.00. The van der Waals surface area contributed by atoms with Crippen LogP contribution in [0.25, 0.3) is 6.08 Å². The van der Waals surface area contributed by atoms with Gasteiger partial charge in [0.05, 0.1) is 0 Å². The van der Waals surface area contributed by atoms with Crippen molar-refractivity contribution in [1.29, 1.82) is 0 Å². The number of ether oxygens (including phenoxy) is 1. The molecular weight excluding hydrogens is 188 g/mol. The summed E-state index contributed by atoms with van der Waals surface area (Å²) in [4.78, 5) is 10.9. The van der Waals surface area contributed by atoms with Gasteiger partial charge in [0.25, 0.3) is 0 Å². The minimum Gasteiger partial charge on any atom is -0.455 e. The number of carbonyl (C=O) groups is 1. The van der Waals surface area contributed by atoms with Gasteiger partial charge < -0.3 is 4.74 Å². The lowest BCUT2D eigenvalue weighted by Gasteiger charge is -2.14. The van der Waals surface area contributed by atoms with Crippen LogP contribution in [0.1, 0.15) is 12.0 Å². The zero-order valence-corrected chi connectivity index (χ0v) is 8.30. The molecule has 15 heavy (non-hydrogen) atoms. The maximum atomic E-state index is 10.9. The molecule has 0 N–H and O–H groups in total. The van der Waals surface area contributed by atoms with Crippen LogP contribution in [0.5, 0.6) is 0 Å². The first kappa shape index (κ1) is 9.71. The van der Waals surface area contributed by atoms with Gasteiger partial charge in [0, 0.05) is 12.5 Å². The molecule has 0 aliphatic carbocycles. The van der Waals surface area contributed by atoms with Gasteiger partial charge in [-0.25, -0.2) is 4.79 Å². The van der Waals surface area contributed by atoms with Gasteiger partial charge >= 0.3 is 5.97 Å². The van der Waals surface area contributed by atoms with Crippen LogP contribution in [0, 0.1) is 0 Å². The molecule has 1 aromatic carbocycles. The monoisotopic (exact) mass is 200 g/mol. The van der Waals surface area contributed by atoms with Gasteiger partial charge in [-0.15, -0.1) is 0 Å². The van der Waals surface area contributed by atoms with Crippen LogP contribution in [-0.4, -0.2) is 12.1 Å². The van der Waals surface area contributed by atoms with E-state index in [0.29, 0.717) is 0 Å². The smallest absolute Gasteiger partial charge is 0.331 e. The third-order valence-corrected chi connectivity index (χ3v) is 2.19. The van der Waals surface area contributed by atoms with Gasteiger partial charge in [-0.2, -0.15) is 0 Å². The summed E-state index contributed by atoms with van der Waals surface area (Å²) >= 11 is 0. The van der Waals surface area contributed by atoms with Crippen LogP contribution in [0.2, 0.25) is 0 Å². The molecule has 0 saturated heterocycles. The van der Waals surface area contributed by atoms with Gasteiger partial charge in [-0.1, -0.05) is 42.5 Å². The molecule has 0 radical (unpaired) electrons. The van der Waals surface area contributed by atoms with Gasteiger partial charge in [-0.05, 0) is 11.6 Å². The summed E-state index contributed by atoms with van der Waals surface area (Å²) in [7, 11) is 0. The predicted molar refractivity (Wildman–Crippen MR) is 59.1 cm³/mol. The van der Waals surface area contributed by atoms with Gasteiger partial charge in [-0.3, -0.25) is 0 Å². The fourth-order valence-electron chi connectivity index (χ4n) is 1.44. The molecule has 1 aliphatic heterocycles. The van der Waals surface area contributed by atoms with Crippen LogP contribution < -0.4 is 0 Å². The van der Waals surface area contributed by atoms with E-state index < -0.39 is 0 Å². The van der Waals surface area contributed by atoms with Crippen molar-refractivity contribution in [1.82, 2.24) is 0 Å². The molecule has 0 bridgehead atoms. The fraction of sp³-hybridized carbons (Fsp3) is 0.154. The molecular formula is C13H12O2. The summed E-state index contributed by atoms with van der Waals surface area (Å²) in [5, 5.41) is 0. The summed E-state index contributed by atoms with van der Waals surface area (Å²) in [6.07, 6.45) is 7.82. The van der Waals surface area contributed by atoms with Crippen molar-refractivity contribution in [2.75, 3.05) is 0 Å². The topological polar surface area (TPSA) is 26.3 Å². The van der Waals surface area contributed by atoms with E-state index in [1.54, 1.807) is 0 Å². The average molecular weight is 200 g/mol. The number of benzene rings is 1. The first-order chi connectivity index (χ1) is 7.34. The minimum atomic E-state index is -0.260. The number of cyclic esters (lactones) is 1. The van der Waals surface area contributed by atoms with E-state index in [4.69, 9.17) is 4.74 Å². The van der Waals surface area contributed by atoms with Crippen molar-refractivity contribution >= 4 is 12.0 Å². The average Bonchev–Trinajstić information content (AvgIpc) is 2.28. The van der Waals surface area contributed by atoms with Crippen molar-refractivity contribution in [3.63, 3.8) is 0 Å². The Morgan fingerprint density at radius 1 is 1.27 bits per heavy atom. The number of rotatable bonds is 2. The molecule has 0 saturated carbocycles. The first-order valence-electron chi connectivity index (χ1n) is 4.95. The maximum absolute atomic E-state index is 10.9. The van der Waals surface area contributed by atoms with Crippen LogP contribution in [-0.2, 0) is 9.53 Å². The summed E-state index contributed by atoms with van der Waals surface area (Å²) < 4.78 is 5.10. The van der Waals surface area contributed by atoms with Gasteiger partial charge in [0.2, 0.25) is 0 Å². The largest absolute Gasteiger partial charge is 0.455 e. The maximum Gasteiger partial charge on any atom is 0.331 e. The van der Waals surface area contributed by atoms with Crippen LogP contribution in [0.15, 0.2) is 48.6 Å². The number of hydrogen-bond acceptors (Lipinski definition) is 2. The lowest BCUT2D eigenvalue weighted by atomic mass is 10.1. The SMILES string of the molecule is O=C1C=CC[C@@H](/C=C\c2ccccc2)O1. The zero-order valence-electron chi connectivity index (χ0n) is 8.30. The van der Waals surface area contributed by atoms with Crippen molar-refractivity contribution < 1.29 is 9.53 Å². The highest BCUT2D eigenvalue weighted by Crippen LogP contribution is 2.11. The highest BCUT2D eigenvalue weighted by Gasteiger charge is 2.11. The summed E-state index contributed by atoms with van der Waals surface area (Å²) in [6.45, 7) is 0. The molecule has 2 nitrogen and oxygen atoms in total. The van der Waals surface area contributed by atoms with E-state index in [9.17, 15) is 4.79 Å². The minimum absolute atomic E-state index is 0.122. The second-order valence-electron chi connectivity index (χ2n) is 3.38. The summed E-state index contributed by atoms with van der Waals surface area (Å²) in [5.74, 6) is -0.260. The molecule has 1 heterocycles. The van der Waals surface area contributed by atoms with Crippen LogP contribution in [0.4, 0.5) is 0 Å². The summed E-state index contributed by atoms with van der Waals surface area (Å²) in [6, 6.07) is 9.95. The lowest BCUT2D eigenvalue weighted by Crippen LogP contribution is -2.17. The highest BCUT2D eigenvalue weighted by molar-refractivity contribution is 5.83. The van der Waals surface area contributed by atoms with Crippen molar-refractivity contribution in [2.24, 2.45) is 0 Å². The summed E-state index contributed by atoms with van der Waals surface area (Å²) in [5.41, 5.74) is 1.11. The normalized spacial score (nSPS) is 20.5. The predicted octanol–water partition coefficient (Wildman–Crippen LogP) is 2.57. The van der Waals surface area contributed by atoms with E-state index in [0.717, 1.165) is 12.0 Å². The van der Waals surface area contributed by atoms with E-state index in [2.05, 4.69) is 0 Å². The molecule has 0 fully saturated rings. The molecule has 76 valence electrons. The zero-order chi connectivity index (χ0) is 10.5. The second-order valence-corrected chi connectivity index (χ2v) is 3.38. The third-order valence-electron chi connectivity index (χ3n) is 2.19. The Kier molecular flexibility index (Phi) is 2.98. The van der Waals surface area contributed by atoms with Crippen LogP contribution in [0.3, 0.4) is 0 Å². The molecule has 2 rings (SSSR count). The first-order valence-corrected chi connectivity index (χ1v) is 4.95. The van der Waals surface area contributed by atoms with E-state index >= 15 is 0 Å². The fourth-order valence-corrected chi connectivity index (χ4v) is 1.44. The Labute approximate surface area is 88.9 Å². The van der Waals surface area contributed by atoms with Gasteiger partial charge in [0.1, 0.15) is 6.10 Å². The number of carbonyl (C=O) groups excluding carboxylic acids is 1. The molecule has 2 heteroatoms. The molecule has 1 aromatic rings. The molecule has 0 unspecified atom stereocenters. The standard InChI is InChI=1S/C13H12O2/c14-13-8-4-7-12(15-13)10-9-11-5-2-1-3-6-11/h1-6,8-10,12H,7H2/b10-9-/t12-/m0/s1. The molecule has 0 amide bonds. The molecule has 0 aromatic heterocycles. The van der Waals surface area contributed by atoms with E-state index in [1.807, 2.05) is 48.6 Å². The Bertz CT molecular complexity index is 390. The Morgan fingerprint density at radius 3 is 2.80 bits per heavy atom. The number of hydrogen-bond donors (Lipinski definition) is 0. The van der Waals surface area contributed by atoms with E-state index in [1.165, 1.54) is 6.08 Å². The molecule has 0 spiro atoms.